The lowest BCUT2D eigenvalue weighted by atomic mass is 10.1. The molecule has 0 aromatic heterocycles. The summed E-state index contributed by atoms with van der Waals surface area (Å²) in [5, 5.41) is 2.84. The van der Waals surface area contributed by atoms with Gasteiger partial charge in [-0.2, -0.15) is 0 Å². The Bertz CT molecular complexity index is 728. The maximum atomic E-state index is 12.0. The zero-order chi connectivity index (χ0) is 15.4. The standard InChI is InChI=1S/C19H18N2O/c1-2-14-8-10-16(11-9-14)12-17-19(22)21-18(20-17)13-15-6-4-3-5-7-15/h3-12H,2,13H2,1H3,(H,20,21,22)/b17-12+. The van der Waals surface area contributed by atoms with Crippen LogP contribution in [0, 0.1) is 0 Å². The predicted molar refractivity (Wildman–Crippen MR) is 89.5 cm³/mol. The number of hydrogen-bond donors (Lipinski definition) is 1. The number of amides is 1. The van der Waals surface area contributed by atoms with Gasteiger partial charge in [0.1, 0.15) is 11.5 Å². The third-order valence-corrected chi connectivity index (χ3v) is 3.65. The fourth-order valence-corrected chi connectivity index (χ4v) is 2.40. The van der Waals surface area contributed by atoms with Gasteiger partial charge in [0.15, 0.2) is 0 Å². The smallest absolute Gasteiger partial charge is 0.275 e. The van der Waals surface area contributed by atoms with E-state index in [2.05, 4.69) is 29.4 Å². The number of carbonyl (C=O) groups is 1. The maximum Gasteiger partial charge on any atom is 0.275 e. The zero-order valence-electron chi connectivity index (χ0n) is 12.5. The molecular weight excluding hydrogens is 272 g/mol. The Balaban J connectivity index is 1.78. The molecule has 0 saturated carbocycles. The highest BCUT2D eigenvalue weighted by Gasteiger charge is 2.19. The molecule has 2 aromatic carbocycles. The quantitative estimate of drug-likeness (QED) is 0.862. The van der Waals surface area contributed by atoms with Crippen LogP contribution in [-0.4, -0.2) is 11.7 Å². The van der Waals surface area contributed by atoms with Gasteiger partial charge in [0, 0.05) is 6.42 Å². The van der Waals surface area contributed by atoms with Gasteiger partial charge in [0.25, 0.3) is 5.91 Å². The highest BCUT2D eigenvalue weighted by Crippen LogP contribution is 2.14. The van der Waals surface area contributed by atoms with E-state index in [1.165, 1.54) is 5.56 Å². The summed E-state index contributed by atoms with van der Waals surface area (Å²) in [5.74, 6) is 0.568. The van der Waals surface area contributed by atoms with E-state index in [0.717, 1.165) is 17.5 Å². The topological polar surface area (TPSA) is 41.5 Å². The number of carbonyl (C=O) groups excluding carboxylic acids is 1. The van der Waals surface area contributed by atoms with Crippen molar-refractivity contribution in [1.29, 1.82) is 0 Å². The molecule has 0 bridgehead atoms. The first-order chi connectivity index (χ1) is 10.7. The molecule has 22 heavy (non-hydrogen) atoms. The predicted octanol–water partition coefficient (Wildman–Crippen LogP) is 3.36. The van der Waals surface area contributed by atoms with Crippen LogP contribution in [-0.2, 0) is 17.6 Å². The van der Waals surface area contributed by atoms with Gasteiger partial charge < -0.3 is 5.32 Å². The van der Waals surface area contributed by atoms with Gasteiger partial charge in [-0.05, 0) is 29.2 Å². The van der Waals surface area contributed by atoms with Crippen LogP contribution in [0.4, 0.5) is 0 Å². The van der Waals surface area contributed by atoms with Crippen molar-refractivity contribution in [3.05, 3.63) is 77.0 Å². The second-order valence-electron chi connectivity index (χ2n) is 5.30. The van der Waals surface area contributed by atoms with Gasteiger partial charge >= 0.3 is 0 Å². The van der Waals surface area contributed by atoms with E-state index >= 15 is 0 Å². The lowest BCUT2D eigenvalue weighted by molar-refractivity contribution is -0.115. The monoisotopic (exact) mass is 290 g/mol. The number of amidine groups is 1. The Morgan fingerprint density at radius 3 is 2.41 bits per heavy atom. The minimum Gasteiger partial charge on any atom is -0.308 e. The van der Waals surface area contributed by atoms with Gasteiger partial charge in [-0.25, -0.2) is 4.99 Å². The Morgan fingerprint density at radius 1 is 1.00 bits per heavy atom. The maximum absolute atomic E-state index is 12.0. The van der Waals surface area contributed by atoms with Gasteiger partial charge in [0.05, 0.1) is 0 Å². The Labute approximate surface area is 130 Å². The molecule has 1 N–H and O–H groups in total. The average molecular weight is 290 g/mol. The first-order valence-electron chi connectivity index (χ1n) is 7.48. The van der Waals surface area contributed by atoms with Crippen molar-refractivity contribution in [3.63, 3.8) is 0 Å². The SMILES string of the molecule is CCc1ccc(/C=C2/N=C(Cc3ccccc3)NC2=O)cc1. The van der Waals surface area contributed by atoms with Crippen molar-refractivity contribution in [2.24, 2.45) is 4.99 Å². The number of benzene rings is 2. The summed E-state index contributed by atoms with van der Waals surface area (Å²) in [6.07, 6.45) is 3.47. The summed E-state index contributed by atoms with van der Waals surface area (Å²) < 4.78 is 0. The molecule has 0 radical (unpaired) electrons. The summed E-state index contributed by atoms with van der Waals surface area (Å²) in [5.41, 5.74) is 3.88. The van der Waals surface area contributed by atoms with Gasteiger partial charge in [-0.3, -0.25) is 4.79 Å². The molecule has 3 nitrogen and oxygen atoms in total. The van der Waals surface area contributed by atoms with Crippen LogP contribution in [0.15, 0.2) is 65.3 Å². The van der Waals surface area contributed by atoms with E-state index in [0.29, 0.717) is 18.0 Å². The number of rotatable bonds is 4. The fourth-order valence-electron chi connectivity index (χ4n) is 2.40. The molecule has 0 spiro atoms. The summed E-state index contributed by atoms with van der Waals surface area (Å²) in [6, 6.07) is 18.2. The van der Waals surface area contributed by atoms with Crippen molar-refractivity contribution >= 4 is 17.8 Å². The highest BCUT2D eigenvalue weighted by molar-refractivity contribution is 6.14. The second-order valence-corrected chi connectivity index (χ2v) is 5.30. The van der Waals surface area contributed by atoms with Crippen LogP contribution >= 0.6 is 0 Å². The number of nitrogens with zero attached hydrogens (tertiary/aromatic N) is 1. The minimum atomic E-state index is -0.134. The molecule has 0 unspecified atom stereocenters. The van der Waals surface area contributed by atoms with Gasteiger partial charge in [-0.1, -0.05) is 61.5 Å². The molecule has 0 aliphatic carbocycles. The van der Waals surface area contributed by atoms with E-state index in [9.17, 15) is 4.79 Å². The molecule has 0 fully saturated rings. The minimum absolute atomic E-state index is 0.134. The number of hydrogen-bond acceptors (Lipinski definition) is 2. The summed E-state index contributed by atoms with van der Waals surface area (Å²) in [7, 11) is 0. The summed E-state index contributed by atoms with van der Waals surface area (Å²) >= 11 is 0. The summed E-state index contributed by atoms with van der Waals surface area (Å²) in [6.45, 7) is 2.12. The summed E-state index contributed by atoms with van der Waals surface area (Å²) in [4.78, 5) is 16.4. The molecule has 1 amide bonds. The van der Waals surface area contributed by atoms with E-state index < -0.39 is 0 Å². The van der Waals surface area contributed by atoms with Gasteiger partial charge in [-0.15, -0.1) is 0 Å². The number of aryl methyl sites for hydroxylation is 1. The molecule has 1 aliphatic heterocycles. The molecule has 0 atom stereocenters. The molecule has 0 saturated heterocycles. The van der Waals surface area contributed by atoms with Crippen molar-refractivity contribution in [2.75, 3.05) is 0 Å². The van der Waals surface area contributed by atoms with Crippen molar-refractivity contribution in [2.45, 2.75) is 19.8 Å². The normalized spacial score (nSPS) is 15.8. The van der Waals surface area contributed by atoms with Crippen LogP contribution in [0.5, 0.6) is 0 Å². The van der Waals surface area contributed by atoms with Crippen LogP contribution in [0.25, 0.3) is 6.08 Å². The van der Waals surface area contributed by atoms with Crippen LogP contribution in [0.1, 0.15) is 23.6 Å². The highest BCUT2D eigenvalue weighted by atomic mass is 16.2. The molecule has 1 heterocycles. The molecule has 110 valence electrons. The van der Waals surface area contributed by atoms with Gasteiger partial charge in [0.2, 0.25) is 0 Å². The number of aliphatic imine (C=N–C) groups is 1. The largest absolute Gasteiger partial charge is 0.308 e. The van der Waals surface area contributed by atoms with E-state index in [-0.39, 0.29) is 5.91 Å². The third-order valence-electron chi connectivity index (χ3n) is 3.65. The second kappa shape index (κ2) is 6.39. The average Bonchev–Trinajstić information content (AvgIpc) is 2.88. The Kier molecular flexibility index (Phi) is 4.15. The first kappa shape index (κ1) is 14.3. The Hall–Kier alpha value is -2.68. The third kappa shape index (κ3) is 3.31. The number of nitrogens with one attached hydrogen (secondary N) is 1. The van der Waals surface area contributed by atoms with Crippen LogP contribution < -0.4 is 5.32 Å². The van der Waals surface area contributed by atoms with Crippen molar-refractivity contribution in [1.82, 2.24) is 5.32 Å². The van der Waals surface area contributed by atoms with Crippen LogP contribution in [0.2, 0.25) is 0 Å². The zero-order valence-corrected chi connectivity index (χ0v) is 12.5. The Morgan fingerprint density at radius 2 is 1.73 bits per heavy atom. The lowest BCUT2D eigenvalue weighted by Crippen LogP contribution is -2.25. The molecule has 2 aromatic rings. The fraction of sp³-hybridized carbons (Fsp3) is 0.158. The van der Waals surface area contributed by atoms with Crippen molar-refractivity contribution in [3.8, 4) is 0 Å². The van der Waals surface area contributed by atoms with E-state index in [1.54, 1.807) is 0 Å². The van der Waals surface area contributed by atoms with Crippen molar-refractivity contribution < 1.29 is 4.79 Å². The molecule has 1 aliphatic rings. The van der Waals surface area contributed by atoms with E-state index in [4.69, 9.17) is 0 Å². The van der Waals surface area contributed by atoms with Crippen LogP contribution in [0.3, 0.4) is 0 Å². The molecular formula is C19H18N2O. The first-order valence-corrected chi connectivity index (χ1v) is 7.48. The molecule has 3 heteroatoms. The lowest BCUT2D eigenvalue weighted by Gasteiger charge is -1.99. The molecule has 3 rings (SSSR count). The van der Waals surface area contributed by atoms with E-state index in [1.807, 2.05) is 48.5 Å².